The highest BCUT2D eigenvalue weighted by molar-refractivity contribution is 6.03. The number of nitrogens with zero attached hydrogens (tertiary/aromatic N) is 2. The fraction of sp³-hybridized carbons (Fsp3) is 0.636. The Kier molecular flexibility index (Phi) is 5.14. The SMILES string of the molecule is CCOC(=O)[C@@H]1CCC/C1=N/NC(=O)CC#N. The number of ether oxygens (including phenoxy) is 1. The summed E-state index contributed by atoms with van der Waals surface area (Å²) in [7, 11) is 0. The number of amides is 1. The van der Waals surface area contributed by atoms with E-state index < -0.39 is 5.91 Å². The molecule has 1 amide bonds. The zero-order valence-electron chi connectivity index (χ0n) is 9.73. The molecule has 0 aromatic rings. The fourth-order valence-corrected chi connectivity index (χ4v) is 1.70. The van der Waals surface area contributed by atoms with Gasteiger partial charge in [0.2, 0.25) is 0 Å². The maximum atomic E-state index is 11.6. The third-order valence-corrected chi connectivity index (χ3v) is 2.46. The molecule has 0 heterocycles. The molecule has 0 radical (unpaired) electrons. The molecule has 6 heteroatoms. The van der Waals surface area contributed by atoms with Crippen molar-refractivity contribution in [3.8, 4) is 6.07 Å². The number of nitrogens with one attached hydrogen (secondary N) is 1. The molecular weight excluding hydrogens is 222 g/mol. The summed E-state index contributed by atoms with van der Waals surface area (Å²) in [5.74, 6) is -1.11. The van der Waals surface area contributed by atoms with Gasteiger partial charge >= 0.3 is 5.97 Å². The smallest absolute Gasteiger partial charge is 0.314 e. The zero-order chi connectivity index (χ0) is 12.7. The van der Waals surface area contributed by atoms with E-state index in [-0.39, 0.29) is 18.3 Å². The summed E-state index contributed by atoms with van der Waals surface area (Å²) >= 11 is 0. The van der Waals surface area contributed by atoms with Gasteiger partial charge in [0.25, 0.3) is 5.91 Å². The second kappa shape index (κ2) is 6.63. The molecule has 92 valence electrons. The zero-order valence-corrected chi connectivity index (χ0v) is 9.73. The summed E-state index contributed by atoms with van der Waals surface area (Å²) in [6, 6.07) is 1.72. The Bertz CT molecular complexity index is 371. The number of carbonyl (C=O) groups excluding carboxylic acids is 2. The van der Waals surface area contributed by atoms with Crippen LogP contribution in [-0.2, 0) is 14.3 Å². The van der Waals surface area contributed by atoms with Crippen molar-refractivity contribution in [2.75, 3.05) is 6.61 Å². The lowest BCUT2D eigenvalue weighted by Crippen LogP contribution is -2.25. The number of hydrogen-bond donors (Lipinski definition) is 1. The molecule has 6 nitrogen and oxygen atoms in total. The molecule has 1 rings (SSSR count). The average Bonchev–Trinajstić information content (AvgIpc) is 2.75. The molecule has 0 unspecified atom stereocenters. The lowest BCUT2D eigenvalue weighted by Gasteiger charge is -2.09. The molecule has 0 aliphatic heterocycles. The van der Waals surface area contributed by atoms with E-state index in [0.29, 0.717) is 25.2 Å². The van der Waals surface area contributed by atoms with Gasteiger partial charge in [-0.25, -0.2) is 5.43 Å². The van der Waals surface area contributed by atoms with Gasteiger partial charge in [0.05, 0.1) is 24.3 Å². The van der Waals surface area contributed by atoms with E-state index in [4.69, 9.17) is 10.00 Å². The summed E-state index contributed by atoms with van der Waals surface area (Å²) in [6.07, 6.45) is 2.00. The third kappa shape index (κ3) is 3.87. The Balaban J connectivity index is 2.57. The van der Waals surface area contributed by atoms with Crippen LogP contribution in [0.5, 0.6) is 0 Å². The molecule has 1 atom stereocenters. The molecule has 0 spiro atoms. The molecule has 1 aliphatic rings. The minimum absolute atomic E-state index is 0.235. The van der Waals surface area contributed by atoms with Gasteiger partial charge in [-0.1, -0.05) is 0 Å². The van der Waals surface area contributed by atoms with Crippen LogP contribution in [0.2, 0.25) is 0 Å². The molecule has 1 aliphatic carbocycles. The molecular formula is C11H15N3O3. The Labute approximate surface area is 99.6 Å². The van der Waals surface area contributed by atoms with E-state index in [1.807, 2.05) is 0 Å². The average molecular weight is 237 g/mol. The predicted molar refractivity (Wildman–Crippen MR) is 59.8 cm³/mol. The van der Waals surface area contributed by atoms with Gasteiger partial charge in [-0.3, -0.25) is 9.59 Å². The Morgan fingerprint density at radius 2 is 2.41 bits per heavy atom. The Morgan fingerprint density at radius 3 is 3.06 bits per heavy atom. The largest absolute Gasteiger partial charge is 0.465 e. The van der Waals surface area contributed by atoms with Crippen molar-refractivity contribution >= 4 is 17.6 Å². The normalized spacial score (nSPS) is 20.9. The van der Waals surface area contributed by atoms with Gasteiger partial charge in [0, 0.05) is 0 Å². The Morgan fingerprint density at radius 1 is 1.65 bits per heavy atom. The lowest BCUT2D eigenvalue weighted by molar-refractivity contribution is -0.145. The minimum Gasteiger partial charge on any atom is -0.465 e. The second-order valence-corrected chi connectivity index (χ2v) is 3.67. The van der Waals surface area contributed by atoms with Crippen molar-refractivity contribution in [3.05, 3.63) is 0 Å². The van der Waals surface area contributed by atoms with E-state index >= 15 is 0 Å². The highest BCUT2D eigenvalue weighted by Gasteiger charge is 2.30. The fourth-order valence-electron chi connectivity index (χ4n) is 1.70. The molecule has 17 heavy (non-hydrogen) atoms. The molecule has 1 saturated carbocycles. The van der Waals surface area contributed by atoms with Gasteiger partial charge < -0.3 is 4.74 Å². The van der Waals surface area contributed by atoms with E-state index in [1.54, 1.807) is 13.0 Å². The van der Waals surface area contributed by atoms with Crippen LogP contribution >= 0.6 is 0 Å². The number of esters is 1. The summed E-state index contributed by atoms with van der Waals surface area (Å²) in [5, 5.41) is 12.2. The highest BCUT2D eigenvalue weighted by Crippen LogP contribution is 2.23. The van der Waals surface area contributed by atoms with Crippen molar-refractivity contribution in [3.63, 3.8) is 0 Å². The topological polar surface area (TPSA) is 91.5 Å². The second-order valence-electron chi connectivity index (χ2n) is 3.67. The van der Waals surface area contributed by atoms with E-state index in [2.05, 4.69) is 10.5 Å². The summed E-state index contributed by atoms with van der Waals surface area (Å²) in [4.78, 5) is 22.6. The molecule has 1 fully saturated rings. The first-order valence-corrected chi connectivity index (χ1v) is 5.58. The van der Waals surface area contributed by atoms with Crippen LogP contribution in [0.1, 0.15) is 32.6 Å². The van der Waals surface area contributed by atoms with Crippen LogP contribution in [0.15, 0.2) is 5.10 Å². The summed E-state index contributed by atoms with van der Waals surface area (Å²) in [6.45, 7) is 2.09. The standard InChI is InChI=1S/C11H15N3O3/c1-2-17-11(16)8-4-3-5-9(8)13-14-10(15)6-7-12/h8H,2-6H2,1H3,(H,14,15)/b13-9-/t8-/m1/s1. The Hall–Kier alpha value is -1.90. The quantitative estimate of drug-likeness (QED) is 0.576. The van der Waals surface area contributed by atoms with Gasteiger partial charge in [-0.15, -0.1) is 0 Å². The molecule has 1 N–H and O–H groups in total. The number of hydrazone groups is 1. The van der Waals surface area contributed by atoms with Gasteiger partial charge in [-0.2, -0.15) is 10.4 Å². The van der Waals surface area contributed by atoms with Crippen molar-refractivity contribution in [1.29, 1.82) is 5.26 Å². The van der Waals surface area contributed by atoms with Crippen molar-refractivity contribution in [2.24, 2.45) is 11.0 Å². The van der Waals surface area contributed by atoms with E-state index in [9.17, 15) is 9.59 Å². The molecule has 0 saturated heterocycles. The van der Waals surface area contributed by atoms with Crippen molar-refractivity contribution in [1.82, 2.24) is 5.43 Å². The number of nitriles is 1. The van der Waals surface area contributed by atoms with Crippen LogP contribution in [0.3, 0.4) is 0 Å². The number of hydrogen-bond acceptors (Lipinski definition) is 5. The molecule has 0 aromatic heterocycles. The number of carbonyl (C=O) groups is 2. The first-order chi connectivity index (χ1) is 8.19. The molecule has 0 bridgehead atoms. The minimum atomic E-state index is -0.463. The first kappa shape index (κ1) is 13.2. The summed E-state index contributed by atoms with van der Waals surface area (Å²) in [5.41, 5.74) is 2.91. The van der Waals surface area contributed by atoms with Crippen molar-refractivity contribution < 1.29 is 14.3 Å². The first-order valence-electron chi connectivity index (χ1n) is 5.58. The van der Waals surface area contributed by atoms with Crippen LogP contribution in [0.4, 0.5) is 0 Å². The van der Waals surface area contributed by atoms with Gasteiger partial charge in [0.1, 0.15) is 6.42 Å². The van der Waals surface area contributed by atoms with Crippen LogP contribution in [-0.4, -0.2) is 24.2 Å². The van der Waals surface area contributed by atoms with Crippen LogP contribution < -0.4 is 5.43 Å². The van der Waals surface area contributed by atoms with Crippen LogP contribution in [0, 0.1) is 17.2 Å². The van der Waals surface area contributed by atoms with Crippen LogP contribution in [0.25, 0.3) is 0 Å². The van der Waals surface area contributed by atoms with Gasteiger partial charge in [0.15, 0.2) is 0 Å². The number of rotatable bonds is 4. The highest BCUT2D eigenvalue weighted by atomic mass is 16.5. The maximum Gasteiger partial charge on any atom is 0.314 e. The lowest BCUT2D eigenvalue weighted by atomic mass is 10.1. The molecule has 0 aromatic carbocycles. The monoisotopic (exact) mass is 237 g/mol. The van der Waals surface area contributed by atoms with Crippen molar-refractivity contribution in [2.45, 2.75) is 32.6 Å². The maximum absolute atomic E-state index is 11.6. The third-order valence-electron chi connectivity index (χ3n) is 2.46. The summed E-state index contributed by atoms with van der Waals surface area (Å²) < 4.78 is 4.93. The van der Waals surface area contributed by atoms with Gasteiger partial charge in [-0.05, 0) is 26.2 Å². The van der Waals surface area contributed by atoms with E-state index in [1.165, 1.54) is 0 Å². The van der Waals surface area contributed by atoms with E-state index in [0.717, 1.165) is 6.42 Å². The predicted octanol–water partition coefficient (Wildman–Crippen LogP) is 0.735.